The van der Waals surface area contributed by atoms with Gasteiger partial charge in [-0.3, -0.25) is 4.79 Å². The zero-order chi connectivity index (χ0) is 20.2. The number of fused-ring (bicyclic) bond motifs is 1. The molecule has 0 aliphatic heterocycles. The lowest BCUT2D eigenvalue weighted by Gasteiger charge is -2.07. The number of hydrogen-bond donors (Lipinski definition) is 1. The number of aryl methyl sites for hydroxylation is 1. The molecule has 0 aliphatic carbocycles. The summed E-state index contributed by atoms with van der Waals surface area (Å²) in [6, 6.07) is 24.0. The Morgan fingerprint density at radius 3 is 2.66 bits per heavy atom. The molecule has 5 heteroatoms. The number of hydrogen-bond acceptors (Lipinski definition) is 2. The van der Waals surface area contributed by atoms with Crippen LogP contribution in [0.15, 0.2) is 83.9 Å². The molecule has 146 valence electrons. The van der Waals surface area contributed by atoms with Gasteiger partial charge in [-0.05, 0) is 42.3 Å². The van der Waals surface area contributed by atoms with Gasteiger partial charge in [0.2, 0.25) is 5.91 Å². The minimum Gasteiger partial charge on any atom is -0.342 e. The second kappa shape index (κ2) is 8.76. The topological polar surface area (TPSA) is 34.0 Å². The summed E-state index contributed by atoms with van der Waals surface area (Å²) in [5, 5.41) is 4.88. The molecule has 4 aromatic rings. The first kappa shape index (κ1) is 19.6. The predicted octanol–water partition coefficient (Wildman–Crippen LogP) is 6.38. The molecule has 0 unspecified atom stereocenters. The number of rotatable bonds is 6. The van der Waals surface area contributed by atoms with Crippen molar-refractivity contribution in [3.8, 4) is 0 Å². The van der Waals surface area contributed by atoms with Crippen LogP contribution in [-0.4, -0.2) is 16.2 Å². The lowest BCUT2D eigenvalue weighted by Crippen LogP contribution is -2.13. The van der Waals surface area contributed by atoms with Gasteiger partial charge in [-0.25, -0.2) is 0 Å². The van der Waals surface area contributed by atoms with Crippen LogP contribution in [-0.2, 0) is 11.3 Å². The second-order valence-corrected chi connectivity index (χ2v) is 8.36. The Bertz CT molecular complexity index is 1170. The average molecular weight is 421 g/mol. The summed E-state index contributed by atoms with van der Waals surface area (Å²) in [5.74, 6) is 0.345. The van der Waals surface area contributed by atoms with E-state index >= 15 is 0 Å². The molecule has 1 N–H and O–H groups in total. The maximum atomic E-state index is 12.4. The predicted molar refractivity (Wildman–Crippen MR) is 123 cm³/mol. The highest BCUT2D eigenvalue weighted by atomic mass is 35.5. The number of anilines is 1. The fourth-order valence-corrected chi connectivity index (χ4v) is 4.42. The molecule has 0 fully saturated rings. The molecule has 3 nitrogen and oxygen atoms in total. The van der Waals surface area contributed by atoms with Gasteiger partial charge in [0.15, 0.2) is 0 Å². The largest absolute Gasteiger partial charge is 0.342 e. The zero-order valence-corrected chi connectivity index (χ0v) is 17.6. The highest BCUT2D eigenvalue weighted by Gasteiger charge is 2.12. The van der Waals surface area contributed by atoms with Crippen LogP contribution < -0.4 is 5.32 Å². The second-order valence-electron chi connectivity index (χ2n) is 6.94. The quantitative estimate of drug-likeness (QED) is 0.367. The van der Waals surface area contributed by atoms with E-state index in [-0.39, 0.29) is 5.91 Å². The Balaban J connectivity index is 1.52. The Morgan fingerprint density at radius 2 is 1.83 bits per heavy atom. The average Bonchev–Trinajstić information content (AvgIpc) is 3.06. The van der Waals surface area contributed by atoms with Gasteiger partial charge in [0.25, 0.3) is 0 Å². The van der Waals surface area contributed by atoms with E-state index < -0.39 is 0 Å². The minimum atomic E-state index is -0.0106. The van der Waals surface area contributed by atoms with Crippen LogP contribution in [0.5, 0.6) is 0 Å². The number of benzene rings is 3. The molecule has 0 atom stereocenters. The number of nitrogens with one attached hydrogen (secondary N) is 1. The van der Waals surface area contributed by atoms with E-state index in [1.54, 1.807) is 11.8 Å². The van der Waals surface area contributed by atoms with Gasteiger partial charge < -0.3 is 9.88 Å². The van der Waals surface area contributed by atoms with Crippen molar-refractivity contribution in [1.29, 1.82) is 0 Å². The van der Waals surface area contributed by atoms with Crippen molar-refractivity contribution in [1.82, 2.24) is 4.57 Å². The molecule has 29 heavy (non-hydrogen) atoms. The van der Waals surface area contributed by atoms with Gasteiger partial charge in [-0.15, -0.1) is 11.8 Å². The highest BCUT2D eigenvalue weighted by molar-refractivity contribution is 8.00. The molecular formula is C24H21ClN2OS. The molecule has 1 heterocycles. The molecule has 0 saturated heterocycles. The van der Waals surface area contributed by atoms with Crippen LogP contribution in [0.4, 0.5) is 5.69 Å². The molecule has 1 aromatic heterocycles. The summed E-state index contributed by atoms with van der Waals surface area (Å²) >= 11 is 7.90. The van der Waals surface area contributed by atoms with Crippen LogP contribution in [0.25, 0.3) is 10.9 Å². The van der Waals surface area contributed by atoms with E-state index in [0.29, 0.717) is 12.3 Å². The Morgan fingerprint density at radius 1 is 1.03 bits per heavy atom. The van der Waals surface area contributed by atoms with E-state index in [1.165, 1.54) is 0 Å². The normalized spacial score (nSPS) is 11.0. The summed E-state index contributed by atoms with van der Waals surface area (Å²) in [7, 11) is 0. The zero-order valence-electron chi connectivity index (χ0n) is 16.1. The summed E-state index contributed by atoms with van der Waals surface area (Å²) < 4.78 is 2.19. The van der Waals surface area contributed by atoms with Gasteiger partial charge in [0.1, 0.15) is 0 Å². The third kappa shape index (κ3) is 4.66. The van der Waals surface area contributed by atoms with Crippen molar-refractivity contribution < 1.29 is 4.79 Å². The molecule has 0 aliphatic rings. The van der Waals surface area contributed by atoms with Crippen molar-refractivity contribution in [3.63, 3.8) is 0 Å². The first-order valence-electron chi connectivity index (χ1n) is 9.41. The fourth-order valence-electron chi connectivity index (χ4n) is 3.33. The van der Waals surface area contributed by atoms with E-state index in [2.05, 4.69) is 28.2 Å². The van der Waals surface area contributed by atoms with Crippen LogP contribution in [0.2, 0.25) is 5.02 Å². The van der Waals surface area contributed by atoms with Crippen LogP contribution in [0.1, 0.15) is 11.1 Å². The lowest BCUT2D eigenvalue weighted by molar-refractivity contribution is -0.113. The van der Waals surface area contributed by atoms with Gasteiger partial charge in [-0.2, -0.15) is 0 Å². The van der Waals surface area contributed by atoms with Crippen LogP contribution >= 0.6 is 23.4 Å². The summed E-state index contributed by atoms with van der Waals surface area (Å²) in [5.41, 5.74) is 4.16. The van der Waals surface area contributed by atoms with Crippen LogP contribution in [0, 0.1) is 6.92 Å². The third-order valence-electron chi connectivity index (χ3n) is 4.71. The number of carbonyl (C=O) groups is 1. The fraction of sp³-hybridized carbons (Fsp3) is 0.125. The summed E-state index contributed by atoms with van der Waals surface area (Å²) in [4.78, 5) is 13.5. The number of halogens is 1. The van der Waals surface area contributed by atoms with Crippen molar-refractivity contribution in [2.45, 2.75) is 18.4 Å². The van der Waals surface area contributed by atoms with Gasteiger partial charge >= 0.3 is 0 Å². The molecule has 0 spiro atoms. The van der Waals surface area contributed by atoms with E-state index in [9.17, 15) is 4.79 Å². The Labute approximate surface area is 179 Å². The molecule has 0 radical (unpaired) electrons. The monoisotopic (exact) mass is 420 g/mol. The SMILES string of the molecule is Cc1cccc(NC(=O)CSc2cn(Cc3ccccc3Cl)c3ccccc23)c1. The molecular weight excluding hydrogens is 400 g/mol. The highest BCUT2D eigenvalue weighted by Crippen LogP contribution is 2.31. The van der Waals surface area contributed by atoms with Gasteiger partial charge in [0.05, 0.1) is 5.75 Å². The first-order chi connectivity index (χ1) is 14.1. The number of amides is 1. The van der Waals surface area contributed by atoms with Crippen LogP contribution in [0.3, 0.4) is 0 Å². The summed E-state index contributed by atoms with van der Waals surface area (Å²) in [6.07, 6.45) is 2.11. The number of carbonyl (C=O) groups excluding carboxylic acids is 1. The molecule has 0 saturated carbocycles. The molecule has 1 amide bonds. The molecule has 4 rings (SSSR count). The Kier molecular flexibility index (Phi) is 5.93. The van der Waals surface area contributed by atoms with Crippen molar-refractivity contribution in [3.05, 3.63) is 95.1 Å². The smallest absolute Gasteiger partial charge is 0.234 e. The van der Waals surface area contributed by atoms with Crippen molar-refractivity contribution in [2.24, 2.45) is 0 Å². The number of aromatic nitrogens is 1. The third-order valence-corrected chi connectivity index (χ3v) is 6.12. The maximum absolute atomic E-state index is 12.4. The Hall–Kier alpha value is -2.69. The molecule has 0 bridgehead atoms. The number of nitrogens with zero attached hydrogens (tertiary/aromatic N) is 1. The number of para-hydroxylation sites is 1. The standard InChI is InChI=1S/C24H21ClN2OS/c1-17-7-6-9-19(13-17)26-24(28)16-29-23-15-27(22-12-5-3-10-20(22)23)14-18-8-2-4-11-21(18)25/h2-13,15H,14,16H2,1H3,(H,26,28). The number of thioether (sulfide) groups is 1. The van der Waals surface area contributed by atoms with Gasteiger partial charge in [-0.1, -0.05) is 60.1 Å². The minimum absolute atomic E-state index is 0.0106. The first-order valence-corrected chi connectivity index (χ1v) is 10.8. The summed E-state index contributed by atoms with van der Waals surface area (Å²) in [6.45, 7) is 2.70. The van der Waals surface area contributed by atoms with E-state index in [4.69, 9.17) is 11.6 Å². The molecule has 3 aromatic carbocycles. The van der Waals surface area contributed by atoms with Gasteiger partial charge in [0, 0.05) is 39.3 Å². The lowest BCUT2D eigenvalue weighted by atomic mass is 10.2. The maximum Gasteiger partial charge on any atom is 0.234 e. The van der Waals surface area contributed by atoms with E-state index in [1.807, 2.05) is 67.6 Å². The van der Waals surface area contributed by atoms with Crippen molar-refractivity contribution >= 4 is 45.9 Å². The van der Waals surface area contributed by atoms with Crippen molar-refractivity contribution in [2.75, 3.05) is 11.1 Å². The van der Waals surface area contributed by atoms with E-state index in [0.717, 1.165) is 37.6 Å².